The molecule has 1 aliphatic carbocycles. The van der Waals surface area contributed by atoms with Crippen molar-refractivity contribution in [2.45, 2.75) is 53.4 Å². The Morgan fingerprint density at radius 3 is 2.65 bits per heavy atom. The van der Waals surface area contributed by atoms with E-state index in [2.05, 4.69) is 56.8 Å². The quantitative estimate of drug-likeness (QED) is 0.466. The van der Waals surface area contributed by atoms with Gasteiger partial charge in [-0.2, -0.15) is 0 Å². The minimum absolute atomic E-state index is 0.773. The molecule has 3 nitrogen and oxygen atoms in total. The van der Waals surface area contributed by atoms with Crippen LogP contribution in [0.25, 0.3) is 0 Å². The lowest BCUT2D eigenvalue weighted by Crippen LogP contribution is -2.16. The fraction of sp³-hybridized carbons (Fsp3) is 0.650. The Kier molecular flexibility index (Phi) is 6.49. The molecule has 0 spiro atoms. The summed E-state index contributed by atoms with van der Waals surface area (Å²) in [5, 5.41) is 0. The van der Waals surface area contributed by atoms with E-state index in [1.807, 2.05) is 6.34 Å². The van der Waals surface area contributed by atoms with Crippen molar-refractivity contribution in [3.8, 4) is 5.75 Å². The topological polar surface area (TPSA) is 24.8 Å². The van der Waals surface area contributed by atoms with Gasteiger partial charge in [0.2, 0.25) is 0 Å². The SMILES string of the molecule is CCCC1CC1COc1cc(C)c(/N=C\N(C)CCC)cc1C. The zero-order chi connectivity index (χ0) is 16.8. The summed E-state index contributed by atoms with van der Waals surface area (Å²) in [7, 11) is 2.06. The molecule has 0 heterocycles. The molecule has 0 saturated heterocycles. The van der Waals surface area contributed by atoms with Gasteiger partial charge in [-0.1, -0.05) is 26.7 Å². The number of aryl methyl sites for hydroxylation is 2. The van der Waals surface area contributed by atoms with Gasteiger partial charge >= 0.3 is 0 Å². The Hall–Kier alpha value is -1.51. The van der Waals surface area contributed by atoms with Gasteiger partial charge in [-0.05, 0) is 61.8 Å². The average Bonchev–Trinajstić information content (AvgIpc) is 3.25. The second-order valence-electron chi connectivity index (χ2n) is 6.98. The summed E-state index contributed by atoms with van der Waals surface area (Å²) in [5.74, 6) is 2.69. The van der Waals surface area contributed by atoms with E-state index >= 15 is 0 Å². The lowest BCUT2D eigenvalue weighted by Gasteiger charge is -2.13. The van der Waals surface area contributed by atoms with E-state index in [0.717, 1.165) is 42.8 Å². The maximum absolute atomic E-state index is 6.07. The second kappa shape index (κ2) is 8.37. The third-order valence-corrected chi connectivity index (χ3v) is 4.65. The summed E-state index contributed by atoms with van der Waals surface area (Å²) in [6.07, 6.45) is 7.04. The van der Waals surface area contributed by atoms with Crippen molar-refractivity contribution in [1.29, 1.82) is 0 Å². The van der Waals surface area contributed by atoms with Crippen molar-refractivity contribution < 1.29 is 4.74 Å². The lowest BCUT2D eigenvalue weighted by molar-refractivity contribution is 0.288. The third-order valence-electron chi connectivity index (χ3n) is 4.65. The molecule has 1 aromatic rings. The molecule has 0 radical (unpaired) electrons. The van der Waals surface area contributed by atoms with Crippen molar-refractivity contribution in [2.75, 3.05) is 20.2 Å². The average molecular weight is 316 g/mol. The summed E-state index contributed by atoms with van der Waals surface area (Å²) in [6, 6.07) is 4.27. The van der Waals surface area contributed by atoms with Crippen LogP contribution in [0, 0.1) is 25.7 Å². The summed E-state index contributed by atoms with van der Waals surface area (Å²) in [4.78, 5) is 6.74. The lowest BCUT2D eigenvalue weighted by atomic mass is 10.1. The highest BCUT2D eigenvalue weighted by Crippen LogP contribution is 2.42. The summed E-state index contributed by atoms with van der Waals surface area (Å²) < 4.78 is 6.07. The van der Waals surface area contributed by atoms with Gasteiger partial charge in [0, 0.05) is 13.6 Å². The summed E-state index contributed by atoms with van der Waals surface area (Å²) >= 11 is 0. The normalized spacial score (nSPS) is 20.0. The molecule has 0 aliphatic heterocycles. The Balaban J connectivity index is 1.94. The summed E-state index contributed by atoms with van der Waals surface area (Å²) in [6.45, 7) is 10.6. The van der Waals surface area contributed by atoms with Gasteiger partial charge in [0.1, 0.15) is 5.75 Å². The number of nitrogens with zero attached hydrogens (tertiary/aromatic N) is 2. The number of hydrogen-bond acceptors (Lipinski definition) is 2. The van der Waals surface area contributed by atoms with E-state index in [1.54, 1.807) is 0 Å². The number of rotatable bonds is 9. The maximum Gasteiger partial charge on any atom is 0.122 e. The van der Waals surface area contributed by atoms with E-state index in [1.165, 1.54) is 30.4 Å². The van der Waals surface area contributed by atoms with Crippen molar-refractivity contribution in [3.63, 3.8) is 0 Å². The van der Waals surface area contributed by atoms with Crippen LogP contribution in [-0.4, -0.2) is 31.4 Å². The molecule has 23 heavy (non-hydrogen) atoms. The van der Waals surface area contributed by atoms with Crippen molar-refractivity contribution in [2.24, 2.45) is 16.8 Å². The first-order valence-corrected chi connectivity index (χ1v) is 9.03. The smallest absolute Gasteiger partial charge is 0.122 e. The first-order valence-electron chi connectivity index (χ1n) is 9.03. The maximum atomic E-state index is 6.07. The molecular formula is C20H32N2O. The molecule has 128 valence electrons. The molecule has 0 N–H and O–H groups in total. The molecule has 2 rings (SSSR count). The van der Waals surface area contributed by atoms with E-state index < -0.39 is 0 Å². The molecule has 1 aliphatic rings. The highest BCUT2D eigenvalue weighted by molar-refractivity contribution is 5.64. The minimum Gasteiger partial charge on any atom is -0.493 e. The Morgan fingerprint density at radius 2 is 1.96 bits per heavy atom. The molecule has 0 aromatic heterocycles. The fourth-order valence-electron chi connectivity index (χ4n) is 3.08. The van der Waals surface area contributed by atoms with Gasteiger partial charge in [0.05, 0.1) is 18.6 Å². The highest BCUT2D eigenvalue weighted by Gasteiger charge is 2.36. The molecule has 0 bridgehead atoms. The van der Waals surface area contributed by atoms with Gasteiger partial charge in [0.15, 0.2) is 0 Å². The monoisotopic (exact) mass is 316 g/mol. The number of ether oxygens (including phenoxy) is 1. The van der Waals surface area contributed by atoms with Gasteiger partial charge < -0.3 is 9.64 Å². The number of aliphatic imine (C=N–C) groups is 1. The zero-order valence-electron chi connectivity index (χ0n) is 15.4. The van der Waals surface area contributed by atoms with Crippen LogP contribution in [0.4, 0.5) is 5.69 Å². The Bertz CT molecular complexity index is 539. The molecule has 2 atom stereocenters. The second-order valence-corrected chi connectivity index (χ2v) is 6.98. The first kappa shape index (κ1) is 17.8. The molecule has 2 unspecified atom stereocenters. The predicted octanol–water partition coefficient (Wildman–Crippen LogP) is 5.12. The van der Waals surface area contributed by atoms with Crippen LogP contribution in [0.1, 0.15) is 50.7 Å². The Labute approximate surface area is 141 Å². The molecule has 3 heteroatoms. The molecule has 0 amide bonds. The van der Waals surface area contributed by atoms with E-state index in [9.17, 15) is 0 Å². The third kappa shape index (κ3) is 5.26. The predicted molar refractivity (Wildman–Crippen MR) is 99.0 cm³/mol. The van der Waals surface area contributed by atoms with E-state index in [4.69, 9.17) is 4.74 Å². The fourth-order valence-corrected chi connectivity index (χ4v) is 3.08. The van der Waals surface area contributed by atoms with Crippen molar-refractivity contribution in [1.82, 2.24) is 4.90 Å². The van der Waals surface area contributed by atoms with Crippen LogP contribution in [0.15, 0.2) is 17.1 Å². The van der Waals surface area contributed by atoms with Crippen molar-refractivity contribution >= 4 is 12.0 Å². The van der Waals surface area contributed by atoms with Gasteiger partial charge in [0.25, 0.3) is 0 Å². The van der Waals surface area contributed by atoms with Crippen LogP contribution in [0.5, 0.6) is 5.75 Å². The largest absolute Gasteiger partial charge is 0.493 e. The molecule has 1 fully saturated rings. The molecule has 1 aromatic carbocycles. The number of hydrogen-bond donors (Lipinski definition) is 0. The Morgan fingerprint density at radius 1 is 1.17 bits per heavy atom. The minimum atomic E-state index is 0.773. The van der Waals surface area contributed by atoms with Crippen LogP contribution in [0.3, 0.4) is 0 Å². The van der Waals surface area contributed by atoms with E-state index in [-0.39, 0.29) is 0 Å². The standard InChI is InChI=1S/C20H32N2O/c1-6-8-17-12-18(17)13-23-20-11-15(3)19(10-16(20)4)21-14-22(5)9-7-2/h10-11,14,17-18H,6-9,12-13H2,1-5H3/b21-14-. The van der Waals surface area contributed by atoms with Gasteiger partial charge in [-0.3, -0.25) is 0 Å². The van der Waals surface area contributed by atoms with Crippen LogP contribution in [0.2, 0.25) is 0 Å². The zero-order valence-corrected chi connectivity index (χ0v) is 15.4. The summed E-state index contributed by atoms with van der Waals surface area (Å²) in [5.41, 5.74) is 3.38. The van der Waals surface area contributed by atoms with Crippen LogP contribution >= 0.6 is 0 Å². The molecule has 1 saturated carbocycles. The number of benzene rings is 1. The molecular weight excluding hydrogens is 284 g/mol. The first-order chi connectivity index (χ1) is 11.0. The van der Waals surface area contributed by atoms with Crippen LogP contribution < -0.4 is 4.74 Å². The van der Waals surface area contributed by atoms with Gasteiger partial charge in [-0.25, -0.2) is 4.99 Å². The highest BCUT2D eigenvalue weighted by atomic mass is 16.5. The van der Waals surface area contributed by atoms with E-state index in [0.29, 0.717) is 0 Å². The van der Waals surface area contributed by atoms with Crippen LogP contribution in [-0.2, 0) is 0 Å². The van der Waals surface area contributed by atoms with Crippen molar-refractivity contribution in [3.05, 3.63) is 23.3 Å². The van der Waals surface area contributed by atoms with Gasteiger partial charge in [-0.15, -0.1) is 0 Å².